The lowest BCUT2D eigenvalue weighted by Crippen LogP contribution is -2.26. The van der Waals surface area contributed by atoms with Crippen LogP contribution in [-0.2, 0) is 11.3 Å². The molecule has 0 aliphatic heterocycles. The summed E-state index contributed by atoms with van der Waals surface area (Å²) in [4.78, 5) is 10.6. The van der Waals surface area contributed by atoms with E-state index in [-0.39, 0.29) is 12.0 Å². The molecule has 0 aliphatic rings. The zero-order valence-electron chi connectivity index (χ0n) is 11.3. The molecule has 0 unspecified atom stereocenters. The maximum atomic E-state index is 10.6. The van der Waals surface area contributed by atoms with Gasteiger partial charge in [-0.05, 0) is 23.1 Å². The number of amides is 1. The van der Waals surface area contributed by atoms with Gasteiger partial charge < -0.3 is 15.8 Å². The molecule has 0 aliphatic carbocycles. The Kier molecular flexibility index (Phi) is 5.16. The number of benzene rings is 1. The molecule has 1 rings (SSSR count). The number of nitrogens with two attached hydrogens (primary N) is 1. The standard InChI is InChI=1S/C14H22N2O2/c1-14(2,3)10-16-8-11-4-6-12(7-5-11)18-9-13(15)17/h4-7,16H,8-10H2,1-3H3,(H2,15,17). The molecule has 4 heteroatoms. The molecule has 4 nitrogen and oxygen atoms in total. The van der Waals surface area contributed by atoms with Crippen molar-refractivity contribution in [2.75, 3.05) is 13.2 Å². The van der Waals surface area contributed by atoms with Gasteiger partial charge in [-0.15, -0.1) is 0 Å². The van der Waals surface area contributed by atoms with Gasteiger partial charge >= 0.3 is 0 Å². The third-order valence-corrected chi connectivity index (χ3v) is 2.29. The van der Waals surface area contributed by atoms with Crippen LogP contribution in [0, 0.1) is 5.41 Å². The molecule has 100 valence electrons. The monoisotopic (exact) mass is 250 g/mol. The Labute approximate surface area is 109 Å². The van der Waals surface area contributed by atoms with E-state index in [9.17, 15) is 4.79 Å². The molecule has 1 aromatic rings. The summed E-state index contributed by atoms with van der Waals surface area (Å²) >= 11 is 0. The Hall–Kier alpha value is -1.55. The van der Waals surface area contributed by atoms with Gasteiger partial charge in [0.1, 0.15) is 5.75 Å². The summed E-state index contributed by atoms with van der Waals surface area (Å²) in [6.07, 6.45) is 0. The molecule has 3 N–H and O–H groups in total. The zero-order chi connectivity index (χ0) is 13.6. The molecule has 0 atom stereocenters. The Morgan fingerprint density at radius 2 is 1.89 bits per heavy atom. The van der Waals surface area contributed by atoms with Crippen LogP contribution in [0.15, 0.2) is 24.3 Å². The van der Waals surface area contributed by atoms with Crippen LogP contribution in [0.5, 0.6) is 5.75 Å². The van der Waals surface area contributed by atoms with E-state index in [1.807, 2.05) is 24.3 Å². The smallest absolute Gasteiger partial charge is 0.255 e. The SMILES string of the molecule is CC(C)(C)CNCc1ccc(OCC(N)=O)cc1. The predicted molar refractivity (Wildman–Crippen MR) is 72.3 cm³/mol. The predicted octanol–water partition coefficient (Wildman–Crippen LogP) is 1.69. The van der Waals surface area contributed by atoms with Gasteiger partial charge in [-0.3, -0.25) is 4.79 Å². The first kappa shape index (κ1) is 14.5. The van der Waals surface area contributed by atoms with E-state index in [0.717, 1.165) is 13.1 Å². The molecule has 0 spiro atoms. The number of ether oxygens (including phenoxy) is 1. The lowest BCUT2D eigenvalue weighted by Gasteiger charge is -2.18. The minimum absolute atomic E-state index is 0.0817. The van der Waals surface area contributed by atoms with Gasteiger partial charge in [-0.1, -0.05) is 32.9 Å². The quantitative estimate of drug-likeness (QED) is 0.807. The molecule has 0 bridgehead atoms. The first-order chi connectivity index (χ1) is 8.37. The van der Waals surface area contributed by atoms with Crippen molar-refractivity contribution in [3.63, 3.8) is 0 Å². The molecule has 0 heterocycles. The average Bonchev–Trinajstić information content (AvgIpc) is 2.26. The number of primary amides is 1. The Bertz CT molecular complexity index is 380. The van der Waals surface area contributed by atoms with Gasteiger partial charge in [-0.25, -0.2) is 0 Å². The molecule has 0 aromatic heterocycles. The minimum atomic E-state index is -0.467. The van der Waals surface area contributed by atoms with Crippen molar-refractivity contribution in [2.45, 2.75) is 27.3 Å². The van der Waals surface area contributed by atoms with Gasteiger partial charge in [0.25, 0.3) is 5.91 Å². The number of carbonyl (C=O) groups excluding carboxylic acids is 1. The fraction of sp³-hybridized carbons (Fsp3) is 0.500. The van der Waals surface area contributed by atoms with Crippen LogP contribution in [0.25, 0.3) is 0 Å². The highest BCUT2D eigenvalue weighted by Crippen LogP contribution is 2.13. The van der Waals surface area contributed by atoms with Gasteiger partial charge in [-0.2, -0.15) is 0 Å². The van der Waals surface area contributed by atoms with Crippen molar-refractivity contribution in [2.24, 2.45) is 11.1 Å². The Morgan fingerprint density at radius 1 is 1.28 bits per heavy atom. The third kappa shape index (κ3) is 6.25. The summed E-state index contributed by atoms with van der Waals surface area (Å²) in [6, 6.07) is 7.64. The number of hydrogen-bond donors (Lipinski definition) is 2. The van der Waals surface area contributed by atoms with Crippen LogP contribution >= 0.6 is 0 Å². The summed E-state index contributed by atoms with van der Waals surface area (Å²) in [5.41, 5.74) is 6.47. The second-order valence-corrected chi connectivity index (χ2v) is 5.56. The van der Waals surface area contributed by atoms with Crippen molar-refractivity contribution in [1.82, 2.24) is 5.32 Å². The van der Waals surface area contributed by atoms with E-state index in [1.165, 1.54) is 5.56 Å². The minimum Gasteiger partial charge on any atom is -0.484 e. The average molecular weight is 250 g/mol. The second-order valence-electron chi connectivity index (χ2n) is 5.56. The Morgan fingerprint density at radius 3 is 2.39 bits per heavy atom. The lowest BCUT2D eigenvalue weighted by atomic mass is 9.97. The molecular weight excluding hydrogens is 228 g/mol. The van der Waals surface area contributed by atoms with E-state index in [0.29, 0.717) is 5.75 Å². The number of carbonyl (C=O) groups is 1. The molecule has 1 amide bonds. The maximum Gasteiger partial charge on any atom is 0.255 e. The summed E-state index contributed by atoms with van der Waals surface area (Å²) in [6.45, 7) is 8.30. The van der Waals surface area contributed by atoms with E-state index in [1.54, 1.807) is 0 Å². The van der Waals surface area contributed by atoms with Crippen molar-refractivity contribution in [3.8, 4) is 5.75 Å². The summed E-state index contributed by atoms with van der Waals surface area (Å²) in [7, 11) is 0. The number of nitrogens with one attached hydrogen (secondary N) is 1. The molecule has 1 aromatic carbocycles. The number of rotatable bonds is 6. The third-order valence-electron chi connectivity index (χ3n) is 2.29. The fourth-order valence-corrected chi connectivity index (χ4v) is 1.44. The molecule has 0 saturated carbocycles. The molecule has 0 radical (unpaired) electrons. The first-order valence-electron chi connectivity index (χ1n) is 6.07. The molecular formula is C14H22N2O2. The highest BCUT2D eigenvalue weighted by Gasteiger charge is 2.08. The van der Waals surface area contributed by atoms with Gasteiger partial charge in [0.2, 0.25) is 0 Å². The second kappa shape index (κ2) is 6.40. The molecule has 18 heavy (non-hydrogen) atoms. The van der Waals surface area contributed by atoms with Crippen LogP contribution in [0.4, 0.5) is 0 Å². The lowest BCUT2D eigenvalue weighted by molar-refractivity contribution is -0.119. The van der Waals surface area contributed by atoms with Crippen LogP contribution in [-0.4, -0.2) is 19.1 Å². The normalized spacial score (nSPS) is 11.3. The first-order valence-corrected chi connectivity index (χ1v) is 6.07. The van der Waals surface area contributed by atoms with Crippen molar-refractivity contribution < 1.29 is 9.53 Å². The van der Waals surface area contributed by atoms with Crippen LogP contribution in [0.1, 0.15) is 26.3 Å². The topological polar surface area (TPSA) is 64.3 Å². The Balaban J connectivity index is 2.38. The van der Waals surface area contributed by atoms with Crippen LogP contribution in [0.3, 0.4) is 0 Å². The largest absolute Gasteiger partial charge is 0.484 e. The maximum absolute atomic E-state index is 10.6. The summed E-state index contributed by atoms with van der Waals surface area (Å²) in [5.74, 6) is 0.194. The highest BCUT2D eigenvalue weighted by molar-refractivity contribution is 5.75. The van der Waals surface area contributed by atoms with Crippen molar-refractivity contribution in [1.29, 1.82) is 0 Å². The van der Waals surface area contributed by atoms with E-state index in [4.69, 9.17) is 10.5 Å². The van der Waals surface area contributed by atoms with E-state index >= 15 is 0 Å². The highest BCUT2D eigenvalue weighted by atomic mass is 16.5. The van der Waals surface area contributed by atoms with Crippen LogP contribution < -0.4 is 15.8 Å². The van der Waals surface area contributed by atoms with Crippen LogP contribution in [0.2, 0.25) is 0 Å². The van der Waals surface area contributed by atoms with Crippen molar-refractivity contribution >= 4 is 5.91 Å². The van der Waals surface area contributed by atoms with Gasteiger partial charge in [0.15, 0.2) is 6.61 Å². The van der Waals surface area contributed by atoms with E-state index < -0.39 is 5.91 Å². The summed E-state index contributed by atoms with van der Waals surface area (Å²) < 4.78 is 5.19. The van der Waals surface area contributed by atoms with E-state index in [2.05, 4.69) is 26.1 Å². The zero-order valence-corrected chi connectivity index (χ0v) is 11.3. The van der Waals surface area contributed by atoms with Gasteiger partial charge in [0.05, 0.1) is 0 Å². The summed E-state index contributed by atoms with van der Waals surface area (Å²) in [5, 5.41) is 3.40. The molecule has 0 fully saturated rings. The molecule has 0 saturated heterocycles. The fourth-order valence-electron chi connectivity index (χ4n) is 1.44. The van der Waals surface area contributed by atoms with Gasteiger partial charge in [0, 0.05) is 13.1 Å². The van der Waals surface area contributed by atoms with Crippen molar-refractivity contribution in [3.05, 3.63) is 29.8 Å². The number of hydrogen-bond acceptors (Lipinski definition) is 3.